The monoisotopic (exact) mass is 225 g/mol. The van der Waals surface area contributed by atoms with Crippen LogP contribution >= 0.6 is 0 Å². The van der Waals surface area contributed by atoms with Crippen molar-refractivity contribution in [3.63, 3.8) is 0 Å². The lowest BCUT2D eigenvalue weighted by Crippen LogP contribution is -2.16. The lowest BCUT2D eigenvalue weighted by molar-refractivity contribution is -0.122. The molecule has 0 aliphatic carbocycles. The second-order valence-corrected chi connectivity index (χ2v) is 3.94. The smallest absolute Gasteiger partial charge is 0.164 e. The number of aromatic nitrogens is 2. The molecular formula is C11H19N3O2. The van der Waals surface area contributed by atoms with Crippen LogP contribution in [0.15, 0.2) is 12.3 Å². The fourth-order valence-electron chi connectivity index (χ4n) is 1.28. The van der Waals surface area contributed by atoms with Gasteiger partial charge in [-0.2, -0.15) is 5.10 Å². The number of carbonyl (C=O) groups is 1. The second kappa shape index (κ2) is 6.40. The van der Waals surface area contributed by atoms with Crippen molar-refractivity contribution >= 4 is 5.78 Å². The first kappa shape index (κ1) is 12.9. The Bertz CT molecular complexity index is 334. The Kier molecular flexibility index (Phi) is 5.14. The molecule has 0 amide bonds. The summed E-state index contributed by atoms with van der Waals surface area (Å²) in [6.07, 6.45) is 2.21. The van der Waals surface area contributed by atoms with Crippen LogP contribution in [0.25, 0.3) is 0 Å². The van der Waals surface area contributed by atoms with Crippen molar-refractivity contribution in [2.45, 2.75) is 26.3 Å². The van der Waals surface area contributed by atoms with Crippen LogP contribution in [-0.4, -0.2) is 35.3 Å². The third kappa shape index (κ3) is 4.12. The van der Waals surface area contributed by atoms with Gasteiger partial charge in [-0.3, -0.25) is 9.48 Å². The molecule has 0 aromatic carbocycles. The molecule has 1 heterocycles. The number of nitrogens with zero attached hydrogens (tertiary/aromatic N) is 2. The van der Waals surface area contributed by atoms with E-state index in [0.29, 0.717) is 25.6 Å². The Morgan fingerprint density at radius 2 is 2.38 bits per heavy atom. The summed E-state index contributed by atoms with van der Waals surface area (Å²) in [6, 6.07) is 2.18. The van der Waals surface area contributed by atoms with E-state index in [1.54, 1.807) is 0 Å². The van der Waals surface area contributed by atoms with Crippen molar-refractivity contribution in [3.05, 3.63) is 18.0 Å². The molecule has 0 saturated heterocycles. The van der Waals surface area contributed by atoms with Gasteiger partial charge in [0.2, 0.25) is 0 Å². The van der Waals surface area contributed by atoms with Crippen LogP contribution in [0.1, 0.15) is 25.6 Å². The van der Waals surface area contributed by atoms with Gasteiger partial charge in [-0.05, 0) is 19.9 Å². The molecule has 5 nitrogen and oxygen atoms in total. The molecule has 0 saturated carbocycles. The van der Waals surface area contributed by atoms with E-state index in [1.807, 2.05) is 30.8 Å². The second-order valence-electron chi connectivity index (χ2n) is 3.94. The van der Waals surface area contributed by atoms with Gasteiger partial charge < -0.3 is 10.5 Å². The first-order chi connectivity index (χ1) is 7.63. The van der Waals surface area contributed by atoms with Crippen LogP contribution in [0.4, 0.5) is 0 Å². The van der Waals surface area contributed by atoms with Crippen LogP contribution in [0, 0.1) is 0 Å². The highest BCUT2D eigenvalue weighted by Crippen LogP contribution is 2.04. The van der Waals surface area contributed by atoms with Gasteiger partial charge in [-0.1, -0.05) is 0 Å². The largest absolute Gasteiger partial charge is 0.372 e. The highest BCUT2D eigenvalue weighted by molar-refractivity contribution is 5.81. The number of Topliss-reactive ketones (excluding diaryl/α,β-unsaturated/α-hetero) is 1. The molecule has 1 aromatic rings. The average Bonchev–Trinajstić information content (AvgIpc) is 2.66. The van der Waals surface area contributed by atoms with Crippen LogP contribution in [0.5, 0.6) is 0 Å². The minimum Gasteiger partial charge on any atom is -0.372 e. The molecule has 0 unspecified atom stereocenters. The maximum absolute atomic E-state index is 11.5. The van der Waals surface area contributed by atoms with Crippen LogP contribution in [0.2, 0.25) is 0 Å². The van der Waals surface area contributed by atoms with E-state index in [1.165, 1.54) is 0 Å². The topological polar surface area (TPSA) is 70.1 Å². The van der Waals surface area contributed by atoms with E-state index in [9.17, 15) is 4.79 Å². The Labute approximate surface area is 95.6 Å². The predicted molar refractivity (Wildman–Crippen MR) is 61.2 cm³/mol. The predicted octanol–water partition coefficient (Wildman–Crippen LogP) is 0.551. The zero-order valence-electron chi connectivity index (χ0n) is 9.85. The van der Waals surface area contributed by atoms with Gasteiger partial charge in [0, 0.05) is 18.8 Å². The van der Waals surface area contributed by atoms with E-state index in [4.69, 9.17) is 10.5 Å². The van der Waals surface area contributed by atoms with Crippen molar-refractivity contribution in [2.24, 2.45) is 5.73 Å². The van der Waals surface area contributed by atoms with E-state index >= 15 is 0 Å². The van der Waals surface area contributed by atoms with E-state index < -0.39 is 0 Å². The summed E-state index contributed by atoms with van der Waals surface area (Å²) in [7, 11) is 0. The zero-order chi connectivity index (χ0) is 12.0. The summed E-state index contributed by atoms with van der Waals surface area (Å²) >= 11 is 0. The van der Waals surface area contributed by atoms with Gasteiger partial charge in [0.25, 0.3) is 0 Å². The average molecular weight is 225 g/mol. The third-order valence-corrected chi connectivity index (χ3v) is 2.10. The Balaban J connectivity index is 2.37. The molecule has 16 heavy (non-hydrogen) atoms. The maximum Gasteiger partial charge on any atom is 0.164 e. The first-order valence-electron chi connectivity index (χ1n) is 5.47. The Hall–Kier alpha value is -1.20. The van der Waals surface area contributed by atoms with Gasteiger partial charge in [0.1, 0.15) is 6.61 Å². The quantitative estimate of drug-likeness (QED) is 0.688. The molecule has 0 aliphatic rings. The fraction of sp³-hybridized carbons (Fsp3) is 0.636. The van der Waals surface area contributed by atoms with Gasteiger partial charge >= 0.3 is 0 Å². The molecule has 0 fully saturated rings. The Morgan fingerprint density at radius 3 is 2.94 bits per heavy atom. The van der Waals surface area contributed by atoms with Crippen molar-refractivity contribution < 1.29 is 9.53 Å². The summed E-state index contributed by atoms with van der Waals surface area (Å²) < 4.78 is 6.90. The molecule has 5 heteroatoms. The van der Waals surface area contributed by atoms with Crippen LogP contribution in [0.3, 0.4) is 0 Å². The van der Waals surface area contributed by atoms with E-state index in [-0.39, 0.29) is 12.4 Å². The number of rotatable bonds is 7. The summed E-state index contributed by atoms with van der Waals surface area (Å²) in [5.41, 5.74) is 6.04. The van der Waals surface area contributed by atoms with Gasteiger partial charge in [0.05, 0.1) is 18.7 Å². The van der Waals surface area contributed by atoms with Gasteiger partial charge in [0.15, 0.2) is 5.78 Å². The summed E-state index contributed by atoms with van der Waals surface area (Å²) in [5, 5.41) is 4.29. The molecule has 0 radical (unpaired) electrons. The standard InChI is InChI=1S/C11H19N3O2/c1-9(2)14-5-3-10(13-14)7-11(15)8-16-6-4-12/h3,5,9H,4,6-8,12H2,1-2H3. The minimum absolute atomic E-state index is 0.0301. The number of carbonyl (C=O) groups excluding carboxylic acids is 1. The zero-order valence-corrected chi connectivity index (χ0v) is 9.85. The normalized spacial score (nSPS) is 11.0. The van der Waals surface area contributed by atoms with Crippen molar-refractivity contribution in [1.82, 2.24) is 9.78 Å². The number of ketones is 1. The summed E-state index contributed by atoms with van der Waals surface area (Å²) in [5.74, 6) is 0.0301. The minimum atomic E-state index is 0.0301. The first-order valence-corrected chi connectivity index (χ1v) is 5.47. The van der Waals surface area contributed by atoms with Gasteiger partial charge in [-0.15, -0.1) is 0 Å². The van der Waals surface area contributed by atoms with E-state index in [0.717, 1.165) is 5.69 Å². The molecular weight excluding hydrogens is 206 g/mol. The molecule has 2 N–H and O–H groups in total. The summed E-state index contributed by atoms with van der Waals surface area (Å²) in [4.78, 5) is 11.5. The van der Waals surface area contributed by atoms with E-state index in [2.05, 4.69) is 5.10 Å². The number of hydrogen-bond acceptors (Lipinski definition) is 4. The number of hydrogen-bond donors (Lipinski definition) is 1. The third-order valence-electron chi connectivity index (χ3n) is 2.10. The van der Waals surface area contributed by atoms with Gasteiger partial charge in [-0.25, -0.2) is 0 Å². The molecule has 0 spiro atoms. The van der Waals surface area contributed by atoms with Crippen molar-refractivity contribution in [1.29, 1.82) is 0 Å². The molecule has 90 valence electrons. The molecule has 1 rings (SSSR count). The SMILES string of the molecule is CC(C)n1ccc(CC(=O)COCCN)n1. The maximum atomic E-state index is 11.5. The highest BCUT2D eigenvalue weighted by Gasteiger charge is 2.07. The van der Waals surface area contributed by atoms with Crippen LogP contribution < -0.4 is 5.73 Å². The molecule has 0 aliphatic heterocycles. The Morgan fingerprint density at radius 1 is 1.62 bits per heavy atom. The summed E-state index contributed by atoms with van der Waals surface area (Å²) in [6.45, 7) is 5.07. The van der Waals surface area contributed by atoms with Crippen molar-refractivity contribution in [3.8, 4) is 0 Å². The van der Waals surface area contributed by atoms with Crippen molar-refractivity contribution in [2.75, 3.05) is 19.8 Å². The number of ether oxygens (including phenoxy) is 1. The molecule has 0 atom stereocenters. The number of nitrogens with two attached hydrogens (primary N) is 1. The highest BCUT2D eigenvalue weighted by atomic mass is 16.5. The lowest BCUT2D eigenvalue weighted by atomic mass is 10.2. The lowest BCUT2D eigenvalue weighted by Gasteiger charge is -2.03. The fourth-order valence-corrected chi connectivity index (χ4v) is 1.28. The molecule has 0 bridgehead atoms. The molecule has 1 aromatic heterocycles. The van der Waals surface area contributed by atoms with Crippen LogP contribution in [-0.2, 0) is 16.0 Å².